The Morgan fingerprint density at radius 1 is 1.56 bits per heavy atom. The standard InChI is InChI=1S/C11H22N2O2S/c1-9(16(2)15)6-8-13-11(14)10-5-3-4-7-12-10/h9-10,12H,3-8H2,1-2H3,(H,13,14). The Morgan fingerprint density at radius 3 is 2.88 bits per heavy atom. The van der Waals surface area contributed by atoms with E-state index in [0.717, 1.165) is 32.2 Å². The fourth-order valence-electron chi connectivity index (χ4n) is 1.76. The fraction of sp³-hybridized carbons (Fsp3) is 0.909. The van der Waals surface area contributed by atoms with Crippen LogP contribution < -0.4 is 10.6 Å². The zero-order valence-corrected chi connectivity index (χ0v) is 10.9. The van der Waals surface area contributed by atoms with Crippen molar-refractivity contribution in [3.05, 3.63) is 0 Å². The van der Waals surface area contributed by atoms with E-state index >= 15 is 0 Å². The van der Waals surface area contributed by atoms with Crippen LogP contribution in [0.25, 0.3) is 0 Å². The van der Waals surface area contributed by atoms with Gasteiger partial charge in [0.05, 0.1) is 6.04 Å². The van der Waals surface area contributed by atoms with Crippen LogP contribution in [-0.2, 0) is 15.6 Å². The number of carbonyl (C=O) groups excluding carboxylic acids is 1. The van der Waals surface area contributed by atoms with Gasteiger partial charge < -0.3 is 10.6 Å². The summed E-state index contributed by atoms with van der Waals surface area (Å²) in [7, 11) is -0.797. The number of nitrogens with one attached hydrogen (secondary N) is 2. The van der Waals surface area contributed by atoms with Crippen LogP contribution in [0, 0.1) is 0 Å². The van der Waals surface area contributed by atoms with Crippen LogP contribution in [0.4, 0.5) is 0 Å². The van der Waals surface area contributed by atoms with E-state index in [1.165, 1.54) is 0 Å². The molecule has 5 heteroatoms. The highest BCUT2D eigenvalue weighted by atomic mass is 32.2. The van der Waals surface area contributed by atoms with Crippen molar-refractivity contribution >= 4 is 16.7 Å². The van der Waals surface area contributed by atoms with Crippen molar-refractivity contribution in [1.29, 1.82) is 0 Å². The van der Waals surface area contributed by atoms with Gasteiger partial charge in [0.2, 0.25) is 5.91 Å². The van der Waals surface area contributed by atoms with Crippen molar-refractivity contribution < 1.29 is 9.00 Å². The van der Waals surface area contributed by atoms with Gasteiger partial charge in [-0.3, -0.25) is 9.00 Å². The van der Waals surface area contributed by atoms with Crippen molar-refractivity contribution in [2.24, 2.45) is 0 Å². The van der Waals surface area contributed by atoms with E-state index in [9.17, 15) is 9.00 Å². The van der Waals surface area contributed by atoms with Gasteiger partial charge in [-0.2, -0.15) is 0 Å². The molecule has 94 valence electrons. The second kappa shape index (κ2) is 7.01. The summed E-state index contributed by atoms with van der Waals surface area (Å²) in [4.78, 5) is 11.7. The molecule has 1 fully saturated rings. The number of piperidine rings is 1. The highest BCUT2D eigenvalue weighted by molar-refractivity contribution is 7.84. The lowest BCUT2D eigenvalue weighted by Gasteiger charge is -2.22. The fourth-order valence-corrected chi connectivity index (χ4v) is 2.21. The van der Waals surface area contributed by atoms with Gasteiger partial charge in [0, 0.05) is 28.9 Å². The lowest BCUT2D eigenvalue weighted by molar-refractivity contribution is -0.123. The van der Waals surface area contributed by atoms with Gasteiger partial charge in [-0.15, -0.1) is 0 Å². The summed E-state index contributed by atoms with van der Waals surface area (Å²) >= 11 is 0. The Morgan fingerprint density at radius 2 is 2.31 bits per heavy atom. The Balaban J connectivity index is 2.16. The minimum Gasteiger partial charge on any atom is -0.355 e. The predicted molar refractivity (Wildman–Crippen MR) is 66.8 cm³/mol. The monoisotopic (exact) mass is 246 g/mol. The Kier molecular flexibility index (Phi) is 5.98. The van der Waals surface area contributed by atoms with Gasteiger partial charge in [-0.1, -0.05) is 13.3 Å². The van der Waals surface area contributed by atoms with Gasteiger partial charge in [-0.05, 0) is 25.8 Å². The molecule has 1 amide bonds. The molecule has 0 aromatic heterocycles. The molecule has 0 radical (unpaired) electrons. The summed E-state index contributed by atoms with van der Waals surface area (Å²) in [6, 6.07) is -0.0174. The quantitative estimate of drug-likeness (QED) is 0.738. The molecule has 2 N–H and O–H groups in total. The third-order valence-electron chi connectivity index (χ3n) is 3.04. The molecular formula is C11H22N2O2S. The third-order valence-corrected chi connectivity index (χ3v) is 4.41. The van der Waals surface area contributed by atoms with E-state index in [1.54, 1.807) is 6.26 Å². The first-order valence-corrected chi connectivity index (χ1v) is 7.56. The van der Waals surface area contributed by atoms with Crippen LogP contribution in [0.1, 0.15) is 32.6 Å². The molecule has 1 saturated heterocycles. The molecule has 1 aliphatic rings. The maximum atomic E-state index is 11.7. The number of hydrogen-bond acceptors (Lipinski definition) is 3. The maximum absolute atomic E-state index is 11.7. The molecule has 3 atom stereocenters. The molecule has 3 unspecified atom stereocenters. The van der Waals surface area contributed by atoms with Gasteiger partial charge in [0.1, 0.15) is 0 Å². The van der Waals surface area contributed by atoms with Crippen LogP contribution in [-0.4, -0.2) is 40.8 Å². The van der Waals surface area contributed by atoms with Crippen LogP contribution in [0.2, 0.25) is 0 Å². The highest BCUT2D eigenvalue weighted by Crippen LogP contribution is 2.06. The molecule has 0 aromatic rings. The largest absolute Gasteiger partial charge is 0.355 e. The van der Waals surface area contributed by atoms with Crippen LogP contribution in [0.5, 0.6) is 0 Å². The summed E-state index contributed by atoms with van der Waals surface area (Å²) in [6.45, 7) is 3.51. The Labute approximate surface area is 100 Å². The van der Waals surface area contributed by atoms with Crippen molar-refractivity contribution in [3.8, 4) is 0 Å². The molecule has 0 aromatic carbocycles. The van der Waals surface area contributed by atoms with Gasteiger partial charge in [0.25, 0.3) is 0 Å². The summed E-state index contributed by atoms with van der Waals surface area (Å²) in [5, 5.41) is 6.26. The van der Waals surface area contributed by atoms with E-state index < -0.39 is 10.8 Å². The topological polar surface area (TPSA) is 58.2 Å². The Bertz CT molecular complexity index is 252. The average molecular weight is 246 g/mol. The first-order valence-electron chi connectivity index (χ1n) is 5.94. The molecule has 0 saturated carbocycles. The SMILES string of the molecule is CC(CCNC(=O)C1CCCCN1)S(C)=O. The molecule has 0 spiro atoms. The number of amides is 1. The molecule has 0 aliphatic carbocycles. The summed E-state index contributed by atoms with van der Waals surface area (Å²) < 4.78 is 11.1. The molecule has 1 aliphatic heterocycles. The second-order valence-corrected chi connectivity index (χ2v) is 6.19. The van der Waals surface area contributed by atoms with Crippen molar-refractivity contribution in [2.75, 3.05) is 19.3 Å². The minimum atomic E-state index is -0.797. The molecule has 0 bridgehead atoms. The van der Waals surface area contributed by atoms with Crippen LogP contribution >= 0.6 is 0 Å². The molecule has 1 rings (SSSR count). The normalized spacial score (nSPS) is 24.8. The number of hydrogen-bond donors (Lipinski definition) is 2. The summed E-state index contributed by atoms with van der Waals surface area (Å²) in [5.74, 6) is 0.0915. The lowest BCUT2D eigenvalue weighted by atomic mass is 10.0. The van der Waals surface area contributed by atoms with E-state index in [4.69, 9.17) is 0 Å². The van der Waals surface area contributed by atoms with Crippen molar-refractivity contribution in [1.82, 2.24) is 10.6 Å². The third kappa shape index (κ3) is 4.61. The highest BCUT2D eigenvalue weighted by Gasteiger charge is 2.19. The Hall–Kier alpha value is -0.420. The minimum absolute atomic E-state index is 0.0174. The zero-order valence-electron chi connectivity index (χ0n) is 10.1. The molecular weight excluding hydrogens is 224 g/mol. The average Bonchev–Trinajstić information content (AvgIpc) is 2.29. The van der Waals surface area contributed by atoms with Gasteiger partial charge in [-0.25, -0.2) is 0 Å². The number of carbonyl (C=O) groups is 1. The predicted octanol–water partition coefficient (Wildman–Crippen LogP) is 0.402. The van der Waals surface area contributed by atoms with Crippen LogP contribution in [0.3, 0.4) is 0 Å². The van der Waals surface area contributed by atoms with E-state index in [1.807, 2.05) is 6.92 Å². The molecule has 16 heavy (non-hydrogen) atoms. The van der Waals surface area contributed by atoms with Gasteiger partial charge in [0.15, 0.2) is 0 Å². The van der Waals surface area contributed by atoms with Crippen LogP contribution in [0.15, 0.2) is 0 Å². The maximum Gasteiger partial charge on any atom is 0.237 e. The lowest BCUT2D eigenvalue weighted by Crippen LogP contribution is -2.47. The van der Waals surface area contributed by atoms with Crippen molar-refractivity contribution in [2.45, 2.75) is 43.9 Å². The number of rotatable bonds is 5. The first kappa shape index (κ1) is 13.6. The molecule has 1 heterocycles. The smallest absolute Gasteiger partial charge is 0.237 e. The zero-order chi connectivity index (χ0) is 12.0. The summed E-state index contributed by atoms with van der Waals surface area (Å²) in [6.07, 6.45) is 5.70. The van der Waals surface area contributed by atoms with E-state index in [0.29, 0.717) is 6.54 Å². The first-order chi connectivity index (χ1) is 7.61. The molecule has 4 nitrogen and oxygen atoms in total. The summed E-state index contributed by atoms with van der Waals surface area (Å²) in [5.41, 5.74) is 0. The van der Waals surface area contributed by atoms with E-state index in [2.05, 4.69) is 10.6 Å². The van der Waals surface area contributed by atoms with E-state index in [-0.39, 0.29) is 17.2 Å². The second-order valence-electron chi connectivity index (χ2n) is 4.39. The van der Waals surface area contributed by atoms with Gasteiger partial charge >= 0.3 is 0 Å². The van der Waals surface area contributed by atoms with Crippen molar-refractivity contribution in [3.63, 3.8) is 0 Å².